The van der Waals surface area contributed by atoms with Gasteiger partial charge in [-0.05, 0) is 0 Å². The van der Waals surface area contributed by atoms with Crippen molar-refractivity contribution < 1.29 is 14.9 Å². The summed E-state index contributed by atoms with van der Waals surface area (Å²) in [5.41, 5.74) is 3.57. The lowest BCUT2D eigenvalue weighted by Crippen LogP contribution is -2.40. The lowest BCUT2D eigenvalue weighted by molar-refractivity contribution is -0.0473. The number of aliphatic hydroxyl groups is 2. The maximum absolute atomic E-state index is 11.5. The van der Waals surface area contributed by atoms with Crippen LogP contribution in [0.4, 0.5) is 5.95 Å². The fourth-order valence-electron chi connectivity index (χ4n) is 1.73. The minimum atomic E-state index is -0.952. The molecule has 1 aromatic rings. The van der Waals surface area contributed by atoms with Crippen LogP contribution in [0.2, 0.25) is 0 Å². The van der Waals surface area contributed by atoms with E-state index in [0.717, 1.165) is 4.57 Å². The number of aromatic amines is 1. The minimum absolute atomic E-state index is 0.0276. The van der Waals surface area contributed by atoms with Gasteiger partial charge in [0.1, 0.15) is 12.3 Å². The van der Waals surface area contributed by atoms with Gasteiger partial charge in [-0.25, -0.2) is 14.2 Å². The Balaban J connectivity index is 2.37. The quantitative estimate of drug-likeness (QED) is 0.438. The number of ether oxygens (including phenoxy) is 1. The molecule has 0 amide bonds. The lowest BCUT2D eigenvalue weighted by atomic mass is 10.2. The first-order valence-corrected chi connectivity index (χ1v) is 4.95. The zero-order valence-electron chi connectivity index (χ0n) is 8.74. The maximum atomic E-state index is 11.5. The zero-order valence-corrected chi connectivity index (χ0v) is 8.74. The average molecular weight is 244 g/mol. The average Bonchev–Trinajstić information content (AvgIpc) is 2.57. The summed E-state index contributed by atoms with van der Waals surface area (Å²) in [5.74, 6) is -0.284. The van der Waals surface area contributed by atoms with Crippen molar-refractivity contribution in [3.63, 3.8) is 0 Å². The molecule has 0 saturated carbocycles. The molecule has 2 heterocycles. The molecule has 5 N–H and O–H groups in total. The Bertz CT molecular complexity index is 492. The van der Waals surface area contributed by atoms with Crippen LogP contribution in [0.3, 0.4) is 0 Å². The third-order valence-electron chi connectivity index (χ3n) is 2.55. The molecule has 1 fully saturated rings. The van der Waals surface area contributed by atoms with Gasteiger partial charge >= 0.3 is 11.4 Å². The molecule has 1 aromatic heterocycles. The summed E-state index contributed by atoms with van der Waals surface area (Å²) in [6.45, 7) is -0.396. The third-order valence-corrected chi connectivity index (χ3v) is 2.55. The lowest BCUT2D eigenvalue weighted by Gasteiger charge is -2.12. The summed E-state index contributed by atoms with van der Waals surface area (Å²) in [5, 5.41) is 18.4. The van der Waals surface area contributed by atoms with Gasteiger partial charge in [-0.1, -0.05) is 0 Å². The second-order valence-electron chi connectivity index (χ2n) is 3.69. The van der Waals surface area contributed by atoms with Crippen LogP contribution in [0.1, 0.15) is 12.6 Å². The number of nitrogens with one attached hydrogen (secondary N) is 1. The van der Waals surface area contributed by atoms with E-state index in [1.165, 1.54) is 0 Å². The van der Waals surface area contributed by atoms with Gasteiger partial charge in [0.2, 0.25) is 5.95 Å². The first-order valence-electron chi connectivity index (χ1n) is 4.95. The van der Waals surface area contributed by atoms with Gasteiger partial charge in [-0.2, -0.15) is 4.98 Å². The molecule has 1 aliphatic heterocycles. The Labute approximate surface area is 94.5 Å². The smallest absolute Gasteiger partial charge is 0.357 e. The van der Waals surface area contributed by atoms with Crippen LogP contribution < -0.4 is 17.1 Å². The number of H-pyrrole nitrogens is 1. The number of hydrogen-bond donors (Lipinski definition) is 4. The Morgan fingerprint density at radius 3 is 2.82 bits per heavy atom. The molecule has 0 unspecified atom stereocenters. The molecule has 3 atom stereocenters. The van der Waals surface area contributed by atoms with Crippen molar-refractivity contribution in [1.29, 1.82) is 0 Å². The number of rotatable bonds is 2. The number of aromatic nitrogens is 3. The summed E-state index contributed by atoms with van der Waals surface area (Å²) in [6.07, 6.45) is -2.68. The molecule has 0 spiro atoms. The molecule has 2 rings (SSSR count). The first kappa shape index (κ1) is 11.8. The van der Waals surface area contributed by atoms with Gasteiger partial charge in [0.05, 0.1) is 12.7 Å². The molecule has 0 bridgehead atoms. The molecule has 0 aliphatic carbocycles. The van der Waals surface area contributed by atoms with Gasteiger partial charge in [-0.3, -0.25) is 4.98 Å². The number of nitrogens with zero attached hydrogens (tertiary/aromatic N) is 2. The van der Waals surface area contributed by atoms with Crippen LogP contribution in [-0.2, 0) is 4.74 Å². The van der Waals surface area contributed by atoms with Gasteiger partial charge in [-0.15, -0.1) is 0 Å². The summed E-state index contributed by atoms with van der Waals surface area (Å²) in [4.78, 5) is 28.5. The zero-order chi connectivity index (χ0) is 12.6. The van der Waals surface area contributed by atoms with Crippen molar-refractivity contribution >= 4 is 5.95 Å². The highest BCUT2D eigenvalue weighted by molar-refractivity contribution is 5.10. The van der Waals surface area contributed by atoms with Crippen molar-refractivity contribution in [3.8, 4) is 0 Å². The van der Waals surface area contributed by atoms with Crippen LogP contribution in [-0.4, -0.2) is 43.6 Å². The summed E-state index contributed by atoms with van der Waals surface area (Å²) in [7, 11) is 0. The van der Waals surface area contributed by atoms with Gasteiger partial charge in [0, 0.05) is 6.42 Å². The number of aliphatic hydroxyl groups excluding tert-OH is 2. The van der Waals surface area contributed by atoms with Crippen molar-refractivity contribution in [2.75, 3.05) is 12.3 Å². The van der Waals surface area contributed by atoms with Gasteiger partial charge in [0.25, 0.3) is 0 Å². The first-order chi connectivity index (χ1) is 8.02. The van der Waals surface area contributed by atoms with E-state index in [1.807, 2.05) is 0 Å². The van der Waals surface area contributed by atoms with Crippen LogP contribution in [0.15, 0.2) is 9.59 Å². The summed E-state index contributed by atoms with van der Waals surface area (Å²) < 4.78 is 5.89. The van der Waals surface area contributed by atoms with Crippen LogP contribution in [0.25, 0.3) is 0 Å². The predicted octanol–water partition coefficient (Wildman–Crippen LogP) is -2.85. The Morgan fingerprint density at radius 2 is 2.29 bits per heavy atom. The number of nitrogen functional groups attached to an aromatic ring is 1. The van der Waals surface area contributed by atoms with E-state index < -0.39 is 36.4 Å². The molecule has 9 heteroatoms. The maximum Gasteiger partial charge on any atom is 0.357 e. The standard InChI is InChI=1S/C8H12N4O5/c9-6-10-7(15)12(8(16)11-6)5-1-3(14)4(2-13)17-5/h3-5,13-14H,1-2H2,(H3,9,10,11,15,16)/t3-,4-,5-/m0/s1. The molecular formula is C8H12N4O5. The Morgan fingerprint density at radius 1 is 1.59 bits per heavy atom. The summed E-state index contributed by atoms with van der Waals surface area (Å²) in [6, 6.07) is 0. The largest absolute Gasteiger partial charge is 0.394 e. The Kier molecular flexibility index (Phi) is 2.96. The summed E-state index contributed by atoms with van der Waals surface area (Å²) >= 11 is 0. The Hall–Kier alpha value is -1.71. The number of nitrogens with two attached hydrogens (primary N) is 1. The second kappa shape index (κ2) is 4.28. The number of anilines is 1. The normalized spacial score (nSPS) is 28.5. The van der Waals surface area contributed by atoms with E-state index in [-0.39, 0.29) is 12.4 Å². The molecule has 94 valence electrons. The topological polar surface area (TPSA) is 143 Å². The van der Waals surface area contributed by atoms with Crippen molar-refractivity contribution in [1.82, 2.24) is 14.5 Å². The highest BCUT2D eigenvalue weighted by Gasteiger charge is 2.36. The fraction of sp³-hybridized carbons (Fsp3) is 0.625. The molecule has 1 saturated heterocycles. The van der Waals surface area contributed by atoms with Crippen LogP contribution >= 0.6 is 0 Å². The molecule has 1 aliphatic rings. The monoisotopic (exact) mass is 244 g/mol. The number of hydrogen-bond acceptors (Lipinski definition) is 7. The van der Waals surface area contributed by atoms with E-state index in [0.29, 0.717) is 0 Å². The van der Waals surface area contributed by atoms with E-state index in [1.54, 1.807) is 0 Å². The molecular weight excluding hydrogens is 232 g/mol. The molecule has 0 aromatic carbocycles. The van der Waals surface area contributed by atoms with Crippen molar-refractivity contribution in [2.24, 2.45) is 0 Å². The van der Waals surface area contributed by atoms with Crippen LogP contribution in [0, 0.1) is 0 Å². The molecule has 17 heavy (non-hydrogen) atoms. The highest BCUT2D eigenvalue weighted by Crippen LogP contribution is 2.26. The molecule has 0 radical (unpaired) electrons. The van der Waals surface area contributed by atoms with Crippen molar-refractivity contribution in [3.05, 3.63) is 21.0 Å². The highest BCUT2D eigenvalue weighted by atomic mass is 16.5. The van der Waals surface area contributed by atoms with E-state index in [4.69, 9.17) is 15.6 Å². The van der Waals surface area contributed by atoms with Gasteiger partial charge in [0.15, 0.2) is 0 Å². The van der Waals surface area contributed by atoms with Crippen molar-refractivity contribution in [2.45, 2.75) is 24.9 Å². The molecule has 9 nitrogen and oxygen atoms in total. The van der Waals surface area contributed by atoms with E-state index >= 15 is 0 Å². The predicted molar refractivity (Wildman–Crippen MR) is 55.1 cm³/mol. The van der Waals surface area contributed by atoms with Gasteiger partial charge < -0.3 is 20.7 Å². The third kappa shape index (κ3) is 2.07. The minimum Gasteiger partial charge on any atom is -0.394 e. The van der Waals surface area contributed by atoms with Crippen LogP contribution in [0.5, 0.6) is 0 Å². The van der Waals surface area contributed by atoms with E-state index in [9.17, 15) is 14.7 Å². The van der Waals surface area contributed by atoms with E-state index in [2.05, 4.69) is 9.97 Å². The SMILES string of the molecule is Nc1nc(=O)n([C@@H]2C[C@H](O)[C@H](CO)O2)c(=O)[nH]1. The fourth-order valence-corrected chi connectivity index (χ4v) is 1.73. The second-order valence-corrected chi connectivity index (χ2v) is 3.69.